The first-order valence-electron chi connectivity index (χ1n) is 8.96. The molecule has 2 aromatic heterocycles. The van der Waals surface area contributed by atoms with Crippen LogP contribution < -0.4 is 0 Å². The van der Waals surface area contributed by atoms with E-state index in [9.17, 15) is 9.90 Å². The lowest BCUT2D eigenvalue weighted by Gasteiger charge is -2.06. The Labute approximate surface area is 167 Å². The number of carboxylic acids is 1. The van der Waals surface area contributed by atoms with Gasteiger partial charge in [-0.2, -0.15) is 0 Å². The molecule has 0 saturated heterocycles. The molecule has 4 nitrogen and oxygen atoms in total. The summed E-state index contributed by atoms with van der Waals surface area (Å²) in [6, 6.07) is 18.4. The molecule has 0 aliphatic carbocycles. The number of halogens is 1. The number of pyridine rings is 1. The molecule has 0 bridgehead atoms. The second-order valence-electron chi connectivity index (χ2n) is 6.96. The van der Waals surface area contributed by atoms with Gasteiger partial charge < -0.3 is 9.52 Å². The van der Waals surface area contributed by atoms with Crippen molar-refractivity contribution in [2.45, 2.75) is 19.8 Å². The first-order chi connectivity index (χ1) is 13.4. The number of furan rings is 1. The van der Waals surface area contributed by atoms with Gasteiger partial charge in [-0.1, -0.05) is 49.7 Å². The zero-order chi connectivity index (χ0) is 19.8. The van der Waals surface area contributed by atoms with Crippen LogP contribution in [0.25, 0.3) is 33.7 Å². The number of hydrogen-bond acceptors (Lipinski definition) is 3. The summed E-state index contributed by atoms with van der Waals surface area (Å²) < 4.78 is 5.98. The van der Waals surface area contributed by atoms with Crippen molar-refractivity contribution in [3.05, 3.63) is 76.8 Å². The van der Waals surface area contributed by atoms with Gasteiger partial charge in [-0.15, -0.1) is 0 Å². The summed E-state index contributed by atoms with van der Waals surface area (Å²) in [7, 11) is 0. The summed E-state index contributed by atoms with van der Waals surface area (Å²) in [6.07, 6.45) is 0. The molecule has 0 saturated carbocycles. The number of fused-ring (bicyclic) bond motifs is 1. The van der Waals surface area contributed by atoms with Gasteiger partial charge >= 0.3 is 5.97 Å². The highest BCUT2D eigenvalue weighted by molar-refractivity contribution is 6.31. The zero-order valence-corrected chi connectivity index (χ0v) is 16.2. The van der Waals surface area contributed by atoms with Crippen LogP contribution in [0.1, 0.15) is 35.7 Å². The number of carboxylic acid groups (broad SMARTS) is 1. The Bertz CT molecular complexity index is 1180. The van der Waals surface area contributed by atoms with Crippen molar-refractivity contribution in [3.8, 4) is 22.8 Å². The van der Waals surface area contributed by atoms with E-state index in [1.54, 1.807) is 24.3 Å². The van der Waals surface area contributed by atoms with Crippen molar-refractivity contribution in [1.82, 2.24) is 4.98 Å². The predicted octanol–water partition coefficient (Wildman–Crippen LogP) is 6.64. The van der Waals surface area contributed by atoms with Gasteiger partial charge in [-0.3, -0.25) is 0 Å². The SMILES string of the molecule is CC(C)c1ccc(-c2ccc(-c3cc(C(=O)O)c4cc(Cl)ccc4n3)o2)cc1. The van der Waals surface area contributed by atoms with E-state index in [2.05, 4.69) is 31.0 Å². The lowest BCUT2D eigenvalue weighted by Crippen LogP contribution is -2.00. The van der Waals surface area contributed by atoms with Crippen molar-refractivity contribution >= 4 is 28.5 Å². The van der Waals surface area contributed by atoms with E-state index >= 15 is 0 Å². The van der Waals surface area contributed by atoms with Gasteiger partial charge in [0.05, 0.1) is 11.1 Å². The van der Waals surface area contributed by atoms with Crippen LogP contribution >= 0.6 is 11.6 Å². The molecule has 0 unspecified atom stereocenters. The molecule has 0 aliphatic heterocycles. The fraction of sp³-hybridized carbons (Fsp3) is 0.130. The Morgan fingerprint density at radius 2 is 1.71 bits per heavy atom. The standard InChI is InChI=1S/C23H18ClNO3/c1-13(2)14-3-5-15(6-4-14)21-9-10-22(28-21)20-12-18(23(26)27)17-11-16(24)7-8-19(17)25-20/h3-13H,1-2H3,(H,26,27). The van der Waals surface area contributed by atoms with Gasteiger partial charge in [0.15, 0.2) is 5.76 Å². The Balaban J connectivity index is 1.77. The average Bonchev–Trinajstić information content (AvgIpc) is 3.17. The maximum atomic E-state index is 11.7. The number of hydrogen-bond donors (Lipinski definition) is 1. The molecule has 0 atom stereocenters. The lowest BCUT2D eigenvalue weighted by atomic mass is 10.0. The third kappa shape index (κ3) is 3.39. The Kier molecular flexibility index (Phi) is 4.65. The number of carbonyl (C=O) groups is 1. The second kappa shape index (κ2) is 7.13. The Morgan fingerprint density at radius 1 is 1.00 bits per heavy atom. The summed E-state index contributed by atoms with van der Waals surface area (Å²) in [4.78, 5) is 16.3. The van der Waals surface area contributed by atoms with Gasteiger partial charge in [-0.25, -0.2) is 9.78 Å². The summed E-state index contributed by atoms with van der Waals surface area (Å²) in [5, 5.41) is 10.6. The van der Waals surface area contributed by atoms with Gasteiger partial charge in [-0.05, 0) is 47.9 Å². The van der Waals surface area contributed by atoms with Crippen LogP contribution in [0.3, 0.4) is 0 Å². The van der Waals surface area contributed by atoms with Crippen LogP contribution in [0, 0.1) is 0 Å². The minimum absolute atomic E-state index is 0.140. The van der Waals surface area contributed by atoms with Crippen molar-refractivity contribution in [2.75, 3.05) is 0 Å². The topological polar surface area (TPSA) is 63.3 Å². The van der Waals surface area contributed by atoms with E-state index in [4.69, 9.17) is 16.0 Å². The molecule has 0 radical (unpaired) electrons. The van der Waals surface area contributed by atoms with Crippen LogP contribution in [-0.2, 0) is 0 Å². The molecule has 4 rings (SSSR count). The fourth-order valence-electron chi connectivity index (χ4n) is 3.16. The van der Waals surface area contributed by atoms with Crippen molar-refractivity contribution in [1.29, 1.82) is 0 Å². The first kappa shape index (κ1) is 18.3. The Morgan fingerprint density at radius 3 is 2.39 bits per heavy atom. The molecule has 5 heteroatoms. The minimum Gasteiger partial charge on any atom is -0.478 e. The fourth-order valence-corrected chi connectivity index (χ4v) is 3.34. The third-order valence-electron chi connectivity index (χ3n) is 4.72. The second-order valence-corrected chi connectivity index (χ2v) is 7.40. The molecule has 2 heterocycles. The number of nitrogens with zero attached hydrogens (tertiary/aromatic N) is 1. The van der Waals surface area contributed by atoms with Crippen LogP contribution in [0.4, 0.5) is 0 Å². The quantitative estimate of drug-likeness (QED) is 0.423. The molecule has 0 amide bonds. The maximum absolute atomic E-state index is 11.7. The van der Waals surface area contributed by atoms with Crippen LogP contribution in [0.15, 0.2) is 65.1 Å². The molecule has 4 aromatic rings. The van der Waals surface area contributed by atoms with Gasteiger partial charge in [0, 0.05) is 16.0 Å². The molecular weight excluding hydrogens is 374 g/mol. The maximum Gasteiger partial charge on any atom is 0.336 e. The van der Waals surface area contributed by atoms with E-state index < -0.39 is 5.97 Å². The number of rotatable bonds is 4. The lowest BCUT2D eigenvalue weighted by molar-refractivity contribution is 0.0699. The Hall–Kier alpha value is -3.11. The van der Waals surface area contributed by atoms with Gasteiger partial charge in [0.1, 0.15) is 11.5 Å². The summed E-state index contributed by atoms with van der Waals surface area (Å²) >= 11 is 6.01. The molecule has 28 heavy (non-hydrogen) atoms. The predicted molar refractivity (Wildman–Crippen MR) is 111 cm³/mol. The van der Waals surface area contributed by atoms with Crippen molar-refractivity contribution in [2.24, 2.45) is 0 Å². The van der Waals surface area contributed by atoms with E-state index in [-0.39, 0.29) is 5.56 Å². The third-order valence-corrected chi connectivity index (χ3v) is 4.96. The monoisotopic (exact) mass is 391 g/mol. The largest absolute Gasteiger partial charge is 0.478 e. The van der Waals surface area contributed by atoms with Crippen LogP contribution in [0.5, 0.6) is 0 Å². The van der Waals surface area contributed by atoms with E-state index in [1.165, 1.54) is 11.6 Å². The molecule has 2 aromatic carbocycles. The van der Waals surface area contributed by atoms with Crippen molar-refractivity contribution < 1.29 is 14.3 Å². The van der Waals surface area contributed by atoms with E-state index in [0.717, 1.165) is 5.56 Å². The molecule has 140 valence electrons. The minimum atomic E-state index is -1.04. The molecule has 0 aliphatic rings. The number of benzene rings is 2. The van der Waals surface area contributed by atoms with Crippen LogP contribution in [-0.4, -0.2) is 16.1 Å². The van der Waals surface area contributed by atoms with Crippen molar-refractivity contribution in [3.63, 3.8) is 0 Å². The molecule has 0 spiro atoms. The zero-order valence-electron chi connectivity index (χ0n) is 15.4. The highest BCUT2D eigenvalue weighted by Crippen LogP contribution is 2.31. The van der Waals surface area contributed by atoms with Gasteiger partial charge in [0.25, 0.3) is 0 Å². The highest BCUT2D eigenvalue weighted by Gasteiger charge is 2.16. The summed E-state index contributed by atoms with van der Waals surface area (Å²) in [5.41, 5.74) is 3.38. The highest BCUT2D eigenvalue weighted by atomic mass is 35.5. The summed E-state index contributed by atoms with van der Waals surface area (Å²) in [5.74, 6) is 0.653. The summed E-state index contributed by atoms with van der Waals surface area (Å²) in [6.45, 7) is 4.30. The average molecular weight is 392 g/mol. The van der Waals surface area contributed by atoms with E-state index in [0.29, 0.717) is 39.1 Å². The molecule has 1 N–H and O–H groups in total. The van der Waals surface area contributed by atoms with E-state index in [1.807, 2.05) is 18.2 Å². The smallest absolute Gasteiger partial charge is 0.336 e. The first-order valence-corrected chi connectivity index (χ1v) is 9.34. The van der Waals surface area contributed by atoms with Crippen LogP contribution in [0.2, 0.25) is 5.02 Å². The number of aromatic nitrogens is 1. The normalized spacial score (nSPS) is 11.3. The molecule has 0 fully saturated rings. The molecular formula is C23H18ClNO3. The number of aromatic carboxylic acids is 1. The van der Waals surface area contributed by atoms with Gasteiger partial charge in [0.2, 0.25) is 0 Å².